The summed E-state index contributed by atoms with van der Waals surface area (Å²) >= 11 is 7.04. The molecule has 2 aromatic carbocycles. The van der Waals surface area contributed by atoms with E-state index in [1.54, 1.807) is 36.4 Å². The van der Waals surface area contributed by atoms with Crippen LogP contribution < -0.4 is 5.56 Å². The first kappa shape index (κ1) is 13.1. The van der Waals surface area contributed by atoms with Gasteiger partial charge in [-0.15, -0.1) is 0 Å². The second kappa shape index (κ2) is 5.23. The van der Waals surface area contributed by atoms with E-state index in [0.29, 0.717) is 15.9 Å². The molecule has 1 aromatic heterocycles. The van der Waals surface area contributed by atoms with Gasteiger partial charge in [0.1, 0.15) is 10.6 Å². The largest absolute Gasteiger partial charge is 0.506 e. The maximum absolute atomic E-state index is 12.1. The van der Waals surface area contributed by atoms with Crippen LogP contribution in [-0.2, 0) is 0 Å². The number of aromatic amines is 1. The van der Waals surface area contributed by atoms with Crippen molar-refractivity contribution in [3.05, 3.63) is 63.9 Å². The van der Waals surface area contributed by atoms with E-state index in [4.69, 9.17) is 11.6 Å². The molecule has 5 heteroatoms. The Balaban J connectivity index is 2.11. The van der Waals surface area contributed by atoms with E-state index in [2.05, 4.69) is 4.98 Å². The molecule has 0 radical (unpaired) electrons. The van der Waals surface area contributed by atoms with E-state index < -0.39 is 0 Å². The van der Waals surface area contributed by atoms with Crippen molar-refractivity contribution >= 4 is 34.3 Å². The maximum atomic E-state index is 12.1. The molecule has 0 aliphatic rings. The number of nitrogens with one attached hydrogen (secondary N) is 1. The van der Waals surface area contributed by atoms with Crippen molar-refractivity contribution in [1.82, 2.24) is 4.98 Å². The molecule has 0 spiro atoms. The first-order valence-electron chi connectivity index (χ1n) is 5.92. The number of fused-ring (bicyclic) bond motifs is 1. The highest BCUT2D eigenvalue weighted by Gasteiger charge is 2.12. The second-order valence-corrected chi connectivity index (χ2v) is 5.75. The van der Waals surface area contributed by atoms with Gasteiger partial charge in [-0.3, -0.25) is 4.79 Å². The van der Waals surface area contributed by atoms with Gasteiger partial charge in [0.15, 0.2) is 0 Å². The quantitative estimate of drug-likeness (QED) is 0.751. The molecule has 0 unspecified atom stereocenters. The molecule has 3 rings (SSSR count). The summed E-state index contributed by atoms with van der Waals surface area (Å²) < 4.78 is 0. The number of hydrogen-bond donors (Lipinski definition) is 2. The van der Waals surface area contributed by atoms with Gasteiger partial charge in [0, 0.05) is 15.3 Å². The third-order valence-corrected chi connectivity index (χ3v) is 4.23. The van der Waals surface area contributed by atoms with Gasteiger partial charge in [-0.05, 0) is 36.4 Å². The smallest absolute Gasteiger partial charge is 0.266 e. The summed E-state index contributed by atoms with van der Waals surface area (Å²) in [7, 11) is 0. The van der Waals surface area contributed by atoms with Gasteiger partial charge < -0.3 is 10.1 Å². The molecular formula is C15H10ClNO2S. The van der Waals surface area contributed by atoms with Gasteiger partial charge in [-0.2, -0.15) is 0 Å². The van der Waals surface area contributed by atoms with Gasteiger partial charge in [0.2, 0.25) is 0 Å². The first-order chi connectivity index (χ1) is 9.65. The number of hydrogen-bond acceptors (Lipinski definition) is 3. The molecule has 0 aliphatic carbocycles. The lowest BCUT2D eigenvalue weighted by atomic mass is 10.2. The van der Waals surface area contributed by atoms with Gasteiger partial charge in [-0.1, -0.05) is 35.5 Å². The predicted octanol–water partition coefficient (Wildman–Crippen LogP) is 4.04. The van der Waals surface area contributed by atoms with E-state index in [-0.39, 0.29) is 16.2 Å². The zero-order chi connectivity index (χ0) is 14.1. The molecule has 0 saturated heterocycles. The number of pyridine rings is 1. The van der Waals surface area contributed by atoms with E-state index in [9.17, 15) is 9.90 Å². The highest BCUT2D eigenvalue weighted by Crippen LogP contribution is 2.35. The normalized spacial score (nSPS) is 10.8. The fraction of sp³-hybridized carbons (Fsp3) is 0. The van der Waals surface area contributed by atoms with Gasteiger partial charge in [0.25, 0.3) is 5.56 Å². The van der Waals surface area contributed by atoms with Crippen LogP contribution >= 0.6 is 23.4 Å². The average Bonchev–Trinajstić information content (AvgIpc) is 2.45. The van der Waals surface area contributed by atoms with Crippen LogP contribution in [-0.4, -0.2) is 10.1 Å². The van der Waals surface area contributed by atoms with Crippen molar-refractivity contribution in [2.24, 2.45) is 0 Å². The molecule has 1 heterocycles. The molecule has 0 aliphatic heterocycles. The molecule has 0 bridgehead atoms. The van der Waals surface area contributed by atoms with Crippen molar-refractivity contribution in [2.75, 3.05) is 0 Å². The number of H-pyrrole nitrogens is 1. The second-order valence-electron chi connectivity index (χ2n) is 4.23. The van der Waals surface area contributed by atoms with Gasteiger partial charge in [0.05, 0.1) is 5.52 Å². The zero-order valence-electron chi connectivity index (χ0n) is 10.3. The number of rotatable bonds is 2. The van der Waals surface area contributed by atoms with E-state index >= 15 is 0 Å². The Morgan fingerprint density at radius 2 is 1.75 bits per heavy atom. The van der Waals surface area contributed by atoms with Crippen molar-refractivity contribution in [2.45, 2.75) is 9.79 Å². The Kier molecular flexibility index (Phi) is 3.42. The third kappa shape index (κ3) is 2.40. The lowest BCUT2D eigenvalue weighted by Crippen LogP contribution is -2.08. The van der Waals surface area contributed by atoms with Crippen LogP contribution in [0.2, 0.25) is 5.02 Å². The van der Waals surface area contributed by atoms with Crippen molar-refractivity contribution < 1.29 is 5.11 Å². The minimum absolute atomic E-state index is 0.00398. The fourth-order valence-corrected chi connectivity index (χ4v) is 2.91. The van der Waals surface area contributed by atoms with E-state index in [1.165, 1.54) is 11.8 Å². The highest BCUT2D eigenvalue weighted by atomic mass is 35.5. The van der Waals surface area contributed by atoms with Crippen LogP contribution in [0.25, 0.3) is 10.9 Å². The number of halogens is 1. The van der Waals surface area contributed by atoms with Crippen LogP contribution in [0, 0.1) is 0 Å². The van der Waals surface area contributed by atoms with Crippen LogP contribution in [0.3, 0.4) is 0 Å². The van der Waals surface area contributed by atoms with Crippen molar-refractivity contribution in [3.8, 4) is 5.75 Å². The summed E-state index contributed by atoms with van der Waals surface area (Å²) in [6.45, 7) is 0. The van der Waals surface area contributed by atoms with Crippen LogP contribution in [0.4, 0.5) is 0 Å². The topological polar surface area (TPSA) is 53.1 Å². The third-order valence-electron chi connectivity index (χ3n) is 2.89. The highest BCUT2D eigenvalue weighted by molar-refractivity contribution is 7.99. The summed E-state index contributed by atoms with van der Waals surface area (Å²) in [5.74, 6) is 0.00398. The Labute approximate surface area is 124 Å². The Morgan fingerprint density at radius 1 is 1.05 bits per heavy atom. The monoisotopic (exact) mass is 303 g/mol. The number of aromatic hydroxyl groups is 1. The average molecular weight is 304 g/mol. The number of benzene rings is 2. The summed E-state index contributed by atoms with van der Waals surface area (Å²) in [6, 6.07) is 14.3. The lowest BCUT2D eigenvalue weighted by molar-refractivity contribution is 0.467. The minimum Gasteiger partial charge on any atom is -0.506 e. The minimum atomic E-state index is -0.304. The van der Waals surface area contributed by atoms with Crippen LogP contribution in [0.1, 0.15) is 0 Å². The lowest BCUT2D eigenvalue weighted by Gasteiger charge is -2.07. The molecule has 3 aromatic rings. The van der Waals surface area contributed by atoms with Crippen molar-refractivity contribution in [1.29, 1.82) is 0 Å². The predicted molar refractivity (Wildman–Crippen MR) is 81.8 cm³/mol. The van der Waals surface area contributed by atoms with Gasteiger partial charge >= 0.3 is 0 Å². The maximum Gasteiger partial charge on any atom is 0.266 e. The summed E-state index contributed by atoms with van der Waals surface area (Å²) in [5.41, 5.74) is 0.316. The molecule has 0 atom stereocenters. The van der Waals surface area contributed by atoms with Crippen LogP contribution in [0.15, 0.2) is 63.1 Å². The number of para-hydroxylation sites is 1. The molecule has 100 valence electrons. The summed E-state index contributed by atoms with van der Waals surface area (Å²) in [6.07, 6.45) is 0. The molecule has 20 heavy (non-hydrogen) atoms. The summed E-state index contributed by atoms with van der Waals surface area (Å²) in [4.78, 5) is 16.0. The molecular weight excluding hydrogens is 294 g/mol. The van der Waals surface area contributed by atoms with Crippen molar-refractivity contribution in [3.63, 3.8) is 0 Å². The van der Waals surface area contributed by atoms with Gasteiger partial charge in [-0.25, -0.2) is 0 Å². The van der Waals surface area contributed by atoms with Crippen LogP contribution in [0.5, 0.6) is 5.75 Å². The molecule has 0 saturated carbocycles. The SMILES string of the molecule is O=c1[nH]c2ccccc2c(O)c1Sc1ccc(Cl)cc1. The molecule has 0 fully saturated rings. The van der Waals surface area contributed by atoms with E-state index in [1.807, 2.05) is 12.1 Å². The standard InChI is InChI=1S/C15H10ClNO2S/c16-9-5-7-10(8-6-9)20-14-13(18)11-3-1-2-4-12(11)17-15(14)19/h1-8H,(H2,17,18,19). The fourth-order valence-electron chi connectivity index (χ4n) is 1.92. The summed E-state index contributed by atoms with van der Waals surface area (Å²) in [5, 5.41) is 11.5. The Morgan fingerprint density at radius 3 is 2.50 bits per heavy atom. The molecule has 0 amide bonds. The Bertz CT molecular complexity index is 827. The molecule has 2 N–H and O–H groups in total. The molecule has 3 nitrogen and oxygen atoms in total. The Hall–Kier alpha value is -1.91. The number of aromatic nitrogens is 1. The zero-order valence-corrected chi connectivity index (χ0v) is 11.8. The van der Waals surface area contributed by atoms with E-state index in [0.717, 1.165) is 4.90 Å². The first-order valence-corrected chi connectivity index (χ1v) is 7.12.